The van der Waals surface area contributed by atoms with E-state index in [2.05, 4.69) is 10.2 Å². The van der Waals surface area contributed by atoms with Gasteiger partial charge in [0.25, 0.3) is 5.91 Å². The lowest BCUT2D eigenvalue weighted by atomic mass is 10.1. The molecule has 0 radical (unpaired) electrons. The maximum atomic E-state index is 12.8. The number of furan rings is 1. The highest BCUT2D eigenvalue weighted by Crippen LogP contribution is 2.26. The van der Waals surface area contributed by atoms with Crippen molar-refractivity contribution in [3.05, 3.63) is 34.4 Å². The van der Waals surface area contributed by atoms with Gasteiger partial charge >= 0.3 is 0 Å². The Bertz CT molecular complexity index is 704. The van der Waals surface area contributed by atoms with Gasteiger partial charge in [0.2, 0.25) is 11.8 Å². The Morgan fingerprint density at radius 2 is 1.91 bits per heavy atom. The fourth-order valence-corrected chi connectivity index (χ4v) is 2.69. The molecule has 0 saturated carbocycles. The Labute approximate surface area is 128 Å². The Kier molecular flexibility index (Phi) is 3.74. The van der Waals surface area contributed by atoms with Gasteiger partial charge in [-0.1, -0.05) is 0 Å². The molecule has 0 aliphatic carbocycles. The zero-order valence-electron chi connectivity index (χ0n) is 13.2. The van der Waals surface area contributed by atoms with E-state index in [0.717, 1.165) is 11.3 Å². The summed E-state index contributed by atoms with van der Waals surface area (Å²) in [7, 11) is 0. The quantitative estimate of drug-likeness (QED) is 0.845. The van der Waals surface area contributed by atoms with E-state index < -0.39 is 0 Å². The number of carbonyl (C=O) groups is 1. The van der Waals surface area contributed by atoms with Crippen molar-refractivity contribution in [1.29, 1.82) is 0 Å². The molecule has 3 heterocycles. The van der Waals surface area contributed by atoms with Crippen molar-refractivity contribution in [3.63, 3.8) is 0 Å². The van der Waals surface area contributed by atoms with Crippen molar-refractivity contribution in [2.24, 2.45) is 0 Å². The highest BCUT2D eigenvalue weighted by atomic mass is 16.5. The van der Waals surface area contributed by atoms with Crippen LogP contribution in [0, 0.1) is 27.7 Å². The smallest absolute Gasteiger partial charge is 0.257 e. The summed E-state index contributed by atoms with van der Waals surface area (Å²) in [5.74, 6) is 2.28. The molecule has 1 atom stereocenters. The third-order valence-corrected chi connectivity index (χ3v) is 3.95. The molecule has 22 heavy (non-hydrogen) atoms. The number of rotatable bonds is 2. The number of aryl methyl sites for hydroxylation is 3. The topological polar surface area (TPSA) is 81.6 Å². The van der Waals surface area contributed by atoms with Gasteiger partial charge in [-0.25, -0.2) is 0 Å². The summed E-state index contributed by atoms with van der Waals surface area (Å²) in [6.07, 6.45) is -0.382. The minimum Gasteiger partial charge on any atom is -0.466 e. The molecule has 7 heteroatoms. The number of ether oxygens (including phenoxy) is 1. The summed E-state index contributed by atoms with van der Waals surface area (Å²) in [6, 6.07) is 0. The summed E-state index contributed by atoms with van der Waals surface area (Å²) in [5.41, 5.74) is 1.53. The van der Waals surface area contributed by atoms with Gasteiger partial charge in [-0.05, 0) is 20.8 Å². The highest BCUT2D eigenvalue weighted by Gasteiger charge is 2.31. The maximum absolute atomic E-state index is 12.8. The van der Waals surface area contributed by atoms with Crippen LogP contribution in [0.5, 0.6) is 0 Å². The predicted molar refractivity (Wildman–Crippen MR) is 76.6 cm³/mol. The SMILES string of the molecule is Cc1nnc(C2CN(C(=O)c3c(C)oc(C)c3C)CCO2)o1. The number of morpholine rings is 1. The van der Waals surface area contributed by atoms with Crippen molar-refractivity contribution in [2.45, 2.75) is 33.8 Å². The Morgan fingerprint density at radius 1 is 1.14 bits per heavy atom. The standard InChI is InChI=1S/C15H19N3O4/c1-8-9(2)21-10(3)13(8)15(19)18-5-6-20-12(7-18)14-17-16-11(4)22-14/h12H,5-7H2,1-4H3. The Balaban J connectivity index is 1.81. The second-order valence-corrected chi connectivity index (χ2v) is 5.48. The number of carbonyl (C=O) groups excluding carboxylic acids is 1. The number of aromatic nitrogens is 2. The van der Waals surface area contributed by atoms with Crippen molar-refractivity contribution in [2.75, 3.05) is 19.7 Å². The van der Waals surface area contributed by atoms with Crippen LogP contribution in [0.3, 0.4) is 0 Å². The highest BCUT2D eigenvalue weighted by molar-refractivity contribution is 5.97. The summed E-state index contributed by atoms with van der Waals surface area (Å²) < 4.78 is 16.6. The van der Waals surface area contributed by atoms with Gasteiger partial charge in [0.15, 0.2) is 6.10 Å². The fraction of sp³-hybridized carbons (Fsp3) is 0.533. The molecule has 1 aliphatic rings. The van der Waals surface area contributed by atoms with Crippen molar-refractivity contribution < 1.29 is 18.4 Å². The van der Waals surface area contributed by atoms with Crippen molar-refractivity contribution >= 4 is 5.91 Å². The number of hydrogen-bond donors (Lipinski definition) is 0. The maximum Gasteiger partial charge on any atom is 0.257 e. The lowest BCUT2D eigenvalue weighted by Crippen LogP contribution is -2.42. The summed E-state index contributed by atoms with van der Waals surface area (Å²) in [5, 5.41) is 7.78. The molecule has 3 rings (SSSR count). The van der Waals surface area contributed by atoms with E-state index in [1.165, 1.54) is 0 Å². The normalized spacial score (nSPS) is 18.7. The number of hydrogen-bond acceptors (Lipinski definition) is 6. The largest absolute Gasteiger partial charge is 0.466 e. The molecule has 2 aromatic heterocycles. The summed E-state index contributed by atoms with van der Waals surface area (Å²) in [4.78, 5) is 14.5. The first kappa shape index (κ1) is 14.8. The van der Waals surface area contributed by atoms with Crippen LogP contribution >= 0.6 is 0 Å². The van der Waals surface area contributed by atoms with Crippen LogP contribution in [-0.4, -0.2) is 40.7 Å². The van der Waals surface area contributed by atoms with Crippen LogP contribution < -0.4 is 0 Å². The second kappa shape index (κ2) is 5.57. The molecule has 1 aliphatic heterocycles. The van der Waals surface area contributed by atoms with Crippen LogP contribution in [0.1, 0.15) is 45.3 Å². The minimum absolute atomic E-state index is 0.0450. The summed E-state index contributed by atoms with van der Waals surface area (Å²) in [6.45, 7) is 8.67. The van der Waals surface area contributed by atoms with Crippen LogP contribution in [0.2, 0.25) is 0 Å². The first-order chi connectivity index (χ1) is 10.5. The van der Waals surface area contributed by atoms with E-state index in [0.29, 0.717) is 42.8 Å². The van der Waals surface area contributed by atoms with Gasteiger partial charge in [0, 0.05) is 19.0 Å². The summed E-state index contributed by atoms with van der Waals surface area (Å²) >= 11 is 0. The van der Waals surface area contributed by atoms with Crippen molar-refractivity contribution in [3.8, 4) is 0 Å². The number of amides is 1. The molecule has 0 bridgehead atoms. The molecule has 1 saturated heterocycles. The molecule has 0 N–H and O–H groups in total. The van der Waals surface area contributed by atoms with Crippen LogP contribution in [0.15, 0.2) is 8.83 Å². The average Bonchev–Trinajstić information content (AvgIpc) is 3.03. The van der Waals surface area contributed by atoms with E-state index in [9.17, 15) is 4.79 Å². The molecule has 0 spiro atoms. The second-order valence-electron chi connectivity index (χ2n) is 5.48. The lowest BCUT2D eigenvalue weighted by molar-refractivity contribution is -0.0350. The van der Waals surface area contributed by atoms with Crippen LogP contribution in [-0.2, 0) is 4.74 Å². The van der Waals surface area contributed by atoms with Gasteiger partial charge in [-0.3, -0.25) is 4.79 Å². The van der Waals surface area contributed by atoms with Crippen LogP contribution in [0.25, 0.3) is 0 Å². The van der Waals surface area contributed by atoms with Crippen molar-refractivity contribution in [1.82, 2.24) is 15.1 Å². The zero-order valence-corrected chi connectivity index (χ0v) is 13.2. The molecular formula is C15H19N3O4. The molecule has 1 unspecified atom stereocenters. The monoisotopic (exact) mass is 305 g/mol. The number of nitrogens with zero attached hydrogens (tertiary/aromatic N) is 3. The molecule has 118 valence electrons. The zero-order chi connectivity index (χ0) is 15.9. The lowest BCUT2D eigenvalue weighted by Gasteiger charge is -2.31. The van der Waals surface area contributed by atoms with Gasteiger partial charge < -0.3 is 18.5 Å². The van der Waals surface area contributed by atoms with E-state index >= 15 is 0 Å². The Hall–Kier alpha value is -2.15. The molecular weight excluding hydrogens is 286 g/mol. The molecule has 2 aromatic rings. The third-order valence-electron chi connectivity index (χ3n) is 3.95. The first-order valence-electron chi connectivity index (χ1n) is 7.25. The van der Waals surface area contributed by atoms with E-state index in [-0.39, 0.29) is 12.0 Å². The average molecular weight is 305 g/mol. The van der Waals surface area contributed by atoms with E-state index in [1.54, 1.807) is 11.8 Å². The molecule has 1 amide bonds. The minimum atomic E-state index is -0.382. The fourth-order valence-electron chi connectivity index (χ4n) is 2.69. The third kappa shape index (κ3) is 2.52. The van der Waals surface area contributed by atoms with Crippen LogP contribution in [0.4, 0.5) is 0 Å². The molecule has 7 nitrogen and oxygen atoms in total. The van der Waals surface area contributed by atoms with E-state index in [1.807, 2.05) is 20.8 Å². The molecule has 1 fully saturated rings. The van der Waals surface area contributed by atoms with Gasteiger partial charge in [-0.15, -0.1) is 10.2 Å². The van der Waals surface area contributed by atoms with E-state index in [4.69, 9.17) is 13.6 Å². The van der Waals surface area contributed by atoms with Gasteiger partial charge in [-0.2, -0.15) is 0 Å². The van der Waals surface area contributed by atoms with Gasteiger partial charge in [0.1, 0.15) is 11.5 Å². The Morgan fingerprint density at radius 3 is 2.50 bits per heavy atom. The first-order valence-corrected chi connectivity index (χ1v) is 7.25. The van der Waals surface area contributed by atoms with Gasteiger partial charge in [0.05, 0.1) is 18.7 Å². The molecule has 0 aromatic carbocycles. The predicted octanol–water partition coefficient (Wildman–Crippen LogP) is 2.11.